The quantitative estimate of drug-likeness (QED) is 0.251. The van der Waals surface area contributed by atoms with Gasteiger partial charge in [-0.3, -0.25) is 4.79 Å². The third-order valence-corrected chi connectivity index (χ3v) is 6.04. The number of anilines is 2. The maximum Gasteiger partial charge on any atom is 0.255 e. The van der Waals surface area contributed by atoms with Crippen LogP contribution in [0.15, 0.2) is 73.3 Å². The van der Waals surface area contributed by atoms with E-state index in [9.17, 15) is 13.6 Å². The number of H-pyrrole nitrogens is 1. The molecule has 5 aromatic rings. The minimum Gasteiger partial charge on any atom is -0.383 e. The Morgan fingerprint density at radius 3 is 2.76 bits per heavy atom. The molecule has 0 fully saturated rings. The molecule has 1 atom stereocenters. The molecule has 186 valence electrons. The lowest BCUT2D eigenvalue weighted by Gasteiger charge is -2.16. The van der Waals surface area contributed by atoms with Gasteiger partial charge in [0.25, 0.3) is 5.91 Å². The molecule has 1 unspecified atom stereocenters. The van der Waals surface area contributed by atoms with Crippen LogP contribution in [0.2, 0.25) is 0 Å². The van der Waals surface area contributed by atoms with Crippen LogP contribution in [-0.2, 0) is 6.54 Å². The van der Waals surface area contributed by atoms with E-state index in [1.165, 1.54) is 12.4 Å². The Bertz CT molecular complexity index is 1600. The van der Waals surface area contributed by atoms with Gasteiger partial charge in [0, 0.05) is 24.5 Å². The zero-order valence-corrected chi connectivity index (χ0v) is 19.8. The monoisotopic (exact) mass is 499 g/mol. The van der Waals surface area contributed by atoms with Crippen molar-refractivity contribution in [2.24, 2.45) is 0 Å². The highest BCUT2D eigenvalue weighted by Gasteiger charge is 2.17. The molecular weight excluding hydrogens is 476 g/mol. The van der Waals surface area contributed by atoms with Gasteiger partial charge in [0.05, 0.1) is 17.0 Å². The minimum atomic E-state index is -0.965. The van der Waals surface area contributed by atoms with Crippen LogP contribution >= 0.6 is 0 Å². The molecule has 0 saturated carbocycles. The van der Waals surface area contributed by atoms with Crippen molar-refractivity contribution in [3.8, 4) is 11.1 Å². The second-order valence-corrected chi connectivity index (χ2v) is 8.51. The summed E-state index contributed by atoms with van der Waals surface area (Å²) in [5.74, 6) is -1.51. The normalized spacial score (nSPS) is 11.9. The van der Waals surface area contributed by atoms with E-state index in [4.69, 9.17) is 5.73 Å². The SMILES string of the molecule is CC(NC(=O)c1cccnc1NCc1cccc(-c2c[nH]c3ncnc(N)c23)c1)c1ccc(F)c(F)c1. The van der Waals surface area contributed by atoms with Crippen LogP contribution < -0.4 is 16.4 Å². The van der Waals surface area contributed by atoms with Crippen LogP contribution in [0.25, 0.3) is 22.2 Å². The van der Waals surface area contributed by atoms with Gasteiger partial charge in [0.1, 0.15) is 23.6 Å². The number of pyridine rings is 1. The molecule has 10 heteroatoms. The van der Waals surface area contributed by atoms with Crippen LogP contribution in [0.4, 0.5) is 20.4 Å². The Balaban J connectivity index is 1.32. The van der Waals surface area contributed by atoms with Crippen LogP contribution in [-0.4, -0.2) is 25.8 Å². The number of aromatic nitrogens is 4. The van der Waals surface area contributed by atoms with Gasteiger partial charge in [-0.1, -0.05) is 24.3 Å². The molecular formula is C27H23F2N7O. The summed E-state index contributed by atoms with van der Waals surface area (Å²) >= 11 is 0. The second-order valence-electron chi connectivity index (χ2n) is 8.51. The van der Waals surface area contributed by atoms with E-state index in [1.54, 1.807) is 25.3 Å². The number of fused-ring (bicyclic) bond motifs is 1. The molecule has 3 aromatic heterocycles. The van der Waals surface area contributed by atoms with E-state index in [-0.39, 0.29) is 0 Å². The summed E-state index contributed by atoms with van der Waals surface area (Å²) in [6.07, 6.45) is 4.85. The Hall–Kier alpha value is -4.86. The average molecular weight is 500 g/mol. The lowest BCUT2D eigenvalue weighted by molar-refractivity contribution is 0.0940. The maximum absolute atomic E-state index is 13.6. The summed E-state index contributed by atoms with van der Waals surface area (Å²) < 4.78 is 26.9. The molecule has 0 radical (unpaired) electrons. The molecule has 3 heterocycles. The van der Waals surface area contributed by atoms with Gasteiger partial charge in [-0.2, -0.15) is 0 Å². The Morgan fingerprint density at radius 1 is 1.05 bits per heavy atom. The van der Waals surface area contributed by atoms with Gasteiger partial charge in [-0.05, 0) is 53.9 Å². The molecule has 5 rings (SSSR count). The van der Waals surface area contributed by atoms with E-state index < -0.39 is 23.6 Å². The van der Waals surface area contributed by atoms with Crippen LogP contribution in [0.1, 0.15) is 34.5 Å². The van der Waals surface area contributed by atoms with E-state index in [2.05, 4.69) is 30.6 Å². The molecule has 5 N–H and O–H groups in total. The Morgan fingerprint density at radius 2 is 1.92 bits per heavy atom. The van der Waals surface area contributed by atoms with Crippen molar-refractivity contribution < 1.29 is 13.6 Å². The zero-order chi connectivity index (χ0) is 25.9. The van der Waals surface area contributed by atoms with Gasteiger partial charge in [0.2, 0.25) is 0 Å². The second kappa shape index (κ2) is 10.0. The van der Waals surface area contributed by atoms with Gasteiger partial charge in [-0.25, -0.2) is 23.7 Å². The summed E-state index contributed by atoms with van der Waals surface area (Å²) in [5, 5.41) is 6.79. The molecule has 0 spiro atoms. The fourth-order valence-electron chi connectivity index (χ4n) is 4.12. The Kier molecular flexibility index (Phi) is 6.46. The fourth-order valence-corrected chi connectivity index (χ4v) is 4.12. The predicted molar refractivity (Wildman–Crippen MR) is 138 cm³/mol. The van der Waals surface area contributed by atoms with E-state index in [1.807, 2.05) is 30.5 Å². The molecule has 37 heavy (non-hydrogen) atoms. The fraction of sp³-hybridized carbons (Fsp3) is 0.111. The molecule has 8 nitrogen and oxygen atoms in total. The van der Waals surface area contributed by atoms with Crippen molar-refractivity contribution in [3.05, 3.63) is 102 Å². The molecule has 0 aliphatic carbocycles. The van der Waals surface area contributed by atoms with E-state index in [0.717, 1.165) is 34.2 Å². The van der Waals surface area contributed by atoms with Crippen LogP contribution in [0, 0.1) is 11.6 Å². The summed E-state index contributed by atoms with van der Waals surface area (Å²) in [6.45, 7) is 2.10. The largest absolute Gasteiger partial charge is 0.383 e. The molecule has 0 bridgehead atoms. The summed E-state index contributed by atoms with van der Waals surface area (Å²) in [6, 6.07) is 14.2. The highest BCUT2D eigenvalue weighted by atomic mass is 19.2. The number of nitrogens with one attached hydrogen (secondary N) is 3. The molecule has 0 aliphatic heterocycles. The number of aromatic amines is 1. The van der Waals surface area contributed by atoms with Gasteiger partial charge in [-0.15, -0.1) is 0 Å². The highest BCUT2D eigenvalue weighted by molar-refractivity contribution is 6.00. The molecule has 1 amide bonds. The number of carbonyl (C=O) groups is 1. The van der Waals surface area contributed by atoms with Crippen molar-refractivity contribution in [3.63, 3.8) is 0 Å². The Labute approximate surface area is 211 Å². The van der Waals surface area contributed by atoms with Crippen molar-refractivity contribution in [2.75, 3.05) is 11.1 Å². The number of hydrogen-bond donors (Lipinski definition) is 4. The number of nitrogen functional groups attached to an aromatic ring is 1. The number of nitrogens with two attached hydrogens (primary N) is 1. The van der Waals surface area contributed by atoms with Crippen LogP contribution in [0.3, 0.4) is 0 Å². The number of nitrogens with zero attached hydrogens (tertiary/aromatic N) is 3. The van der Waals surface area contributed by atoms with Gasteiger partial charge >= 0.3 is 0 Å². The number of halogens is 2. The topological polar surface area (TPSA) is 122 Å². The van der Waals surface area contributed by atoms with Gasteiger partial charge in [0.15, 0.2) is 11.6 Å². The maximum atomic E-state index is 13.6. The van der Waals surface area contributed by atoms with Crippen LogP contribution in [0.5, 0.6) is 0 Å². The third-order valence-electron chi connectivity index (χ3n) is 6.04. The van der Waals surface area contributed by atoms with E-state index >= 15 is 0 Å². The first-order chi connectivity index (χ1) is 17.9. The summed E-state index contributed by atoms with van der Waals surface area (Å²) in [7, 11) is 0. The lowest BCUT2D eigenvalue weighted by Crippen LogP contribution is -2.27. The van der Waals surface area contributed by atoms with Crippen molar-refractivity contribution in [1.29, 1.82) is 0 Å². The number of rotatable bonds is 7. The average Bonchev–Trinajstić information content (AvgIpc) is 3.35. The zero-order valence-electron chi connectivity index (χ0n) is 19.8. The van der Waals surface area contributed by atoms with E-state index in [0.29, 0.717) is 35.0 Å². The number of amides is 1. The highest BCUT2D eigenvalue weighted by Crippen LogP contribution is 2.31. The first kappa shape index (κ1) is 23.9. The molecule has 0 saturated heterocycles. The van der Waals surface area contributed by atoms with Crippen molar-refractivity contribution in [2.45, 2.75) is 19.5 Å². The molecule has 2 aromatic carbocycles. The predicted octanol–water partition coefficient (Wildman–Crippen LogP) is 4.98. The van der Waals surface area contributed by atoms with Crippen molar-refractivity contribution in [1.82, 2.24) is 25.3 Å². The minimum absolute atomic E-state index is 0.328. The first-order valence-electron chi connectivity index (χ1n) is 11.5. The standard InChI is InChI=1S/C27H23F2N7O/c1-15(17-7-8-21(28)22(29)11-17)36-27(37)19-6-3-9-31-25(19)32-12-16-4-2-5-18(10-16)20-13-33-26-23(20)24(30)34-14-35-26/h2-11,13-15H,12H2,1H3,(H,31,32)(H,36,37)(H3,30,33,34,35). The third kappa shape index (κ3) is 4.94. The van der Waals surface area contributed by atoms with Crippen molar-refractivity contribution >= 4 is 28.6 Å². The number of benzene rings is 2. The first-order valence-corrected chi connectivity index (χ1v) is 11.5. The molecule has 0 aliphatic rings. The van der Waals surface area contributed by atoms with Gasteiger partial charge < -0.3 is 21.4 Å². The number of hydrogen-bond acceptors (Lipinski definition) is 6. The summed E-state index contributed by atoms with van der Waals surface area (Å²) in [4.78, 5) is 28.7. The summed E-state index contributed by atoms with van der Waals surface area (Å²) in [5.41, 5.74) is 10.3. The number of carbonyl (C=O) groups excluding carboxylic acids is 1. The lowest BCUT2D eigenvalue weighted by atomic mass is 10.0. The smallest absolute Gasteiger partial charge is 0.255 e.